The summed E-state index contributed by atoms with van der Waals surface area (Å²) in [5.74, 6) is -0.552. The van der Waals surface area contributed by atoms with E-state index in [0.717, 1.165) is 12.8 Å². The second-order valence-electron chi connectivity index (χ2n) is 6.07. The molecule has 0 aromatic rings. The normalized spacial score (nSPS) is 28.5. The van der Waals surface area contributed by atoms with Crippen molar-refractivity contribution in [2.24, 2.45) is 11.3 Å². The Hall–Kier alpha value is -1.30. The number of rotatable bonds is 4. The molecule has 2 atom stereocenters. The van der Waals surface area contributed by atoms with E-state index in [2.05, 4.69) is 19.2 Å². The number of carbonyl (C=O) groups excluding carboxylic acids is 1. The molecule has 1 saturated heterocycles. The van der Waals surface area contributed by atoms with Gasteiger partial charge in [-0.2, -0.15) is 0 Å². The number of nitrogens with one attached hydrogen (secondary N) is 1. The summed E-state index contributed by atoms with van der Waals surface area (Å²) in [6, 6.07) is -1.29. The molecule has 0 spiro atoms. The van der Waals surface area contributed by atoms with E-state index in [9.17, 15) is 14.7 Å². The average molecular weight is 270 g/mol. The molecule has 0 radical (unpaired) electrons. The molecule has 0 aromatic heterocycles. The van der Waals surface area contributed by atoms with Gasteiger partial charge in [-0.15, -0.1) is 0 Å². The van der Waals surface area contributed by atoms with Crippen molar-refractivity contribution in [3.8, 4) is 0 Å². The molecule has 3 N–H and O–H groups in total. The lowest BCUT2D eigenvalue weighted by atomic mass is 9.92. The van der Waals surface area contributed by atoms with Crippen molar-refractivity contribution in [2.75, 3.05) is 13.1 Å². The minimum atomic E-state index is -1.06. The van der Waals surface area contributed by atoms with Gasteiger partial charge < -0.3 is 20.4 Å². The van der Waals surface area contributed by atoms with Crippen molar-refractivity contribution in [1.29, 1.82) is 0 Å². The summed E-state index contributed by atoms with van der Waals surface area (Å²) in [5, 5.41) is 21.4. The Kier molecular flexibility index (Phi) is 3.71. The van der Waals surface area contributed by atoms with Crippen LogP contribution in [0.2, 0.25) is 0 Å². The highest BCUT2D eigenvalue weighted by Gasteiger charge is 2.46. The summed E-state index contributed by atoms with van der Waals surface area (Å²) in [6.07, 6.45) is 1.58. The smallest absolute Gasteiger partial charge is 0.326 e. The maximum absolute atomic E-state index is 12.0. The van der Waals surface area contributed by atoms with E-state index >= 15 is 0 Å². The van der Waals surface area contributed by atoms with Crippen LogP contribution in [0.15, 0.2) is 0 Å². The Morgan fingerprint density at radius 3 is 2.53 bits per heavy atom. The highest BCUT2D eigenvalue weighted by molar-refractivity contribution is 5.83. The quantitative estimate of drug-likeness (QED) is 0.699. The standard InChI is InChI=1S/C13H22N2O4/c1-8(2)13(3-4-13)7-14-12(19)15-6-9(16)5-10(15)11(17)18/h8-10,16H,3-7H2,1-2H3,(H,14,19)(H,17,18). The van der Waals surface area contributed by atoms with Crippen LogP contribution < -0.4 is 5.32 Å². The molecular weight excluding hydrogens is 248 g/mol. The van der Waals surface area contributed by atoms with Gasteiger partial charge in [0, 0.05) is 19.5 Å². The lowest BCUT2D eigenvalue weighted by Crippen LogP contribution is -2.47. The number of carboxylic acid groups (broad SMARTS) is 1. The van der Waals surface area contributed by atoms with E-state index < -0.39 is 18.1 Å². The molecular formula is C13H22N2O4. The number of aliphatic hydroxyl groups excluding tert-OH is 1. The number of carboxylic acids is 1. The van der Waals surface area contributed by atoms with Gasteiger partial charge >= 0.3 is 12.0 Å². The Bertz CT molecular complexity index is 379. The molecule has 1 aliphatic heterocycles. The first-order chi connectivity index (χ1) is 8.85. The Morgan fingerprint density at radius 2 is 2.05 bits per heavy atom. The number of likely N-dealkylation sites (tertiary alicyclic amines) is 1. The van der Waals surface area contributed by atoms with Crippen LogP contribution in [0.5, 0.6) is 0 Å². The molecule has 2 unspecified atom stereocenters. The summed E-state index contributed by atoms with van der Waals surface area (Å²) in [7, 11) is 0. The highest BCUT2D eigenvalue weighted by Crippen LogP contribution is 2.51. The number of hydrogen-bond donors (Lipinski definition) is 3. The number of urea groups is 1. The van der Waals surface area contributed by atoms with Gasteiger partial charge in [0.05, 0.1) is 6.10 Å². The van der Waals surface area contributed by atoms with E-state index in [1.807, 2.05) is 0 Å². The number of carbonyl (C=O) groups is 2. The van der Waals surface area contributed by atoms with Gasteiger partial charge in [-0.25, -0.2) is 9.59 Å². The lowest BCUT2D eigenvalue weighted by Gasteiger charge is -2.25. The summed E-state index contributed by atoms with van der Waals surface area (Å²) in [6.45, 7) is 4.96. The number of aliphatic hydroxyl groups is 1. The molecule has 2 fully saturated rings. The second-order valence-corrected chi connectivity index (χ2v) is 6.07. The molecule has 1 aliphatic carbocycles. The molecule has 0 bridgehead atoms. The first-order valence-corrected chi connectivity index (χ1v) is 6.81. The summed E-state index contributed by atoms with van der Waals surface area (Å²) in [5.41, 5.74) is 0.187. The van der Waals surface area contributed by atoms with Crippen molar-refractivity contribution >= 4 is 12.0 Å². The van der Waals surface area contributed by atoms with Gasteiger partial charge in [0.25, 0.3) is 0 Å². The van der Waals surface area contributed by atoms with Crippen LogP contribution in [-0.2, 0) is 4.79 Å². The zero-order valence-corrected chi connectivity index (χ0v) is 11.4. The molecule has 6 nitrogen and oxygen atoms in total. The SMILES string of the molecule is CC(C)C1(CNC(=O)N2CC(O)CC2C(=O)O)CC1. The molecule has 1 saturated carbocycles. The summed E-state index contributed by atoms with van der Waals surface area (Å²) >= 11 is 0. The largest absolute Gasteiger partial charge is 0.480 e. The minimum Gasteiger partial charge on any atom is -0.480 e. The number of nitrogens with zero attached hydrogens (tertiary/aromatic N) is 1. The monoisotopic (exact) mass is 270 g/mol. The number of β-amino-alcohol motifs (C(OH)–C–C–N with tert-alkyl or cyclic N) is 1. The van der Waals surface area contributed by atoms with E-state index in [0.29, 0.717) is 12.5 Å². The summed E-state index contributed by atoms with van der Waals surface area (Å²) in [4.78, 5) is 24.3. The van der Waals surface area contributed by atoms with E-state index in [1.165, 1.54) is 4.90 Å². The van der Waals surface area contributed by atoms with Crippen molar-refractivity contribution < 1.29 is 19.8 Å². The van der Waals surface area contributed by atoms with Crippen molar-refractivity contribution in [2.45, 2.75) is 45.3 Å². The van der Waals surface area contributed by atoms with Gasteiger partial charge in [0.1, 0.15) is 6.04 Å². The first kappa shape index (κ1) is 14.1. The fourth-order valence-electron chi connectivity index (χ4n) is 2.74. The van der Waals surface area contributed by atoms with Crippen molar-refractivity contribution in [1.82, 2.24) is 10.2 Å². The maximum atomic E-state index is 12.0. The highest BCUT2D eigenvalue weighted by atomic mass is 16.4. The third-order valence-corrected chi connectivity index (χ3v) is 4.53. The second kappa shape index (κ2) is 5.00. The average Bonchev–Trinajstić information content (AvgIpc) is 3.02. The molecule has 6 heteroatoms. The Morgan fingerprint density at radius 1 is 1.42 bits per heavy atom. The van der Waals surface area contributed by atoms with Crippen molar-refractivity contribution in [3.63, 3.8) is 0 Å². The Labute approximate surface area is 112 Å². The van der Waals surface area contributed by atoms with Crippen LogP contribution >= 0.6 is 0 Å². The van der Waals surface area contributed by atoms with E-state index in [1.54, 1.807) is 0 Å². The fourth-order valence-corrected chi connectivity index (χ4v) is 2.74. The molecule has 2 aliphatic rings. The lowest BCUT2D eigenvalue weighted by molar-refractivity contribution is -0.141. The predicted octanol–water partition coefficient (Wildman–Crippen LogP) is 0.652. The van der Waals surface area contributed by atoms with Crippen LogP contribution in [0.1, 0.15) is 33.1 Å². The first-order valence-electron chi connectivity index (χ1n) is 6.81. The third-order valence-electron chi connectivity index (χ3n) is 4.53. The molecule has 0 aromatic carbocycles. The van der Waals surface area contributed by atoms with Gasteiger partial charge in [-0.1, -0.05) is 13.8 Å². The van der Waals surface area contributed by atoms with Crippen LogP contribution in [0.25, 0.3) is 0 Å². The molecule has 19 heavy (non-hydrogen) atoms. The fraction of sp³-hybridized carbons (Fsp3) is 0.846. The van der Waals surface area contributed by atoms with Crippen molar-refractivity contribution in [3.05, 3.63) is 0 Å². The third kappa shape index (κ3) is 2.83. The van der Waals surface area contributed by atoms with Gasteiger partial charge in [-0.05, 0) is 24.2 Å². The van der Waals surface area contributed by atoms with Gasteiger partial charge in [0.15, 0.2) is 0 Å². The maximum Gasteiger partial charge on any atom is 0.326 e. The predicted molar refractivity (Wildman–Crippen MR) is 68.7 cm³/mol. The van der Waals surface area contributed by atoms with Crippen LogP contribution in [0.4, 0.5) is 4.79 Å². The molecule has 2 rings (SSSR count). The molecule has 108 valence electrons. The molecule has 1 heterocycles. The van der Waals surface area contributed by atoms with Crippen LogP contribution in [0, 0.1) is 11.3 Å². The summed E-state index contributed by atoms with van der Waals surface area (Å²) < 4.78 is 0. The minimum absolute atomic E-state index is 0.0947. The van der Waals surface area contributed by atoms with E-state index in [-0.39, 0.29) is 24.4 Å². The number of amides is 2. The zero-order valence-electron chi connectivity index (χ0n) is 11.4. The zero-order chi connectivity index (χ0) is 14.2. The number of aliphatic carboxylic acids is 1. The van der Waals surface area contributed by atoms with Crippen LogP contribution in [0.3, 0.4) is 0 Å². The molecule has 2 amide bonds. The topological polar surface area (TPSA) is 89.9 Å². The van der Waals surface area contributed by atoms with E-state index in [4.69, 9.17) is 5.11 Å². The van der Waals surface area contributed by atoms with Crippen LogP contribution in [-0.4, -0.2) is 52.3 Å². The Balaban J connectivity index is 1.91. The van der Waals surface area contributed by atoms with Gasteiger partial charge in [-0.3, -0.25) is 0 Å². The number of hydrogen-bond acceptors (Lipinski definition) is 3. The van der Waals surface area contributed by atoms with Gasteiger partial charge in [0.2, 0.25) is 0 Å².